The van der Waals surface area contributed by atoms with E-state index in [0.29, 0.717) is 31.8 Å². The van der Waals surface area contributed by atoms with E-state index in [0.717, 1.165) is 18.9 Å². The van der Waals surface area contributed by atoms with Crippen LogP contribution in [0.2, 0.25) is 5.02 Å². The van der Waals surface area contributed by atoms with Crippen molar-refractivity contribution in [3.05, 3.63) is 34.4 Å². The molecule has 1 saturated heterocycles. The third kappa shape index (κ3) is 7.70. The molecule has 0 radical (unpaired) electrons. The minimum absolute atomic E-state index is 0.0519. The summed E-state index contributed by atoms with van der Waals surface area (Å²) in [6, 6.07) is 1.90. The van der Waals surface area contributed by atoms with Gasteiger partial charge in [0.15, 0.2) is 5.82 Å². The first kappa shape index (κ1) is 30.4. The Kier molecular flexibility index (Phi) is 11.4. The number of hydrogen-bond donors (Lipinski definition) is 3. The maximum Gasteiger partial charge on any atom is 0.406 e. The lowest BCUT2D eigenvalue weighted by molar-refractivity contribution is -0.0591. The van der Waals surface area contributed by atoms with Gasteiger partial charge in [-0.05, 0) is 50.5 Å². The molecule has 38 heavy (non-hydrogen) atoms. The van der Waals surface area contributed by atoms with Crippen LogP contribution in [0.25, 0.3) is 0 Å². The van der Waals surface area contributed by atoms with Gasteiger partial charge in [-0.25, -0.2) is 24.2 Å². The molecule has 1 heterocycles. The van der Waals surface area contributed by atoms with Crippen LogP contribution in [0.1, 0.15) is 76.2 Å². The van der Waals surface area contributed by atoms with Gasteiger partial charge in [-0.15, -0.1) is 0 Å². The summed E-state index contributed by atoms with van der Waals surface area (Å²) in [7, 11) is 1.24. The molecule has 2 aliphatic rings. The number of nitrogens with zero attached hydrogens (tertiary/aromatic N) is 2. The Morgan fingerprint density at radius 3 is 2.66 bits per heavy atom. The van der Waals surface area contributed by atoms with Crippen LogP contribution in [0.4, 0.5) is 18.4 Å². The van der Waals surface area contributed by atoms with Crippen LogP contribution in [0.15, 0.2) is 12.1 Å². The van der Waals surface area contributed by atoms with Crippen molar-refractivity contribution in [3.63, 3.8) is 0 Å². The zero-order valence-electron chi connectivity index (χ0n) is 22.2. The van der Waals surface area contributed by atoms with Gasteiger partial charge in [-0.2, -0.15) is 0 Å². The molecule has 0 spiro atoms. The number of carbonyl (C=O) groups is 2. The first-order chi connectivity index (χ1) is 18.2. The van der Waals surface area contributed by atoms with Crippen LogP contribution in [0.5, 0.6) is 0 Å². The van der Waals surface area contributed by atoms with Crippen molar-refractivity contribution in [2.45, 2.75) is 76.2 Å². The lowest BCUT2D eigenvalue weighted by Crippen LogP contribution is -2.54. The van der Waals surface area contributed by atoms with Crippen LogP contribution in [-0.4, -0.2) is 60.4 Å². The topological polar surface area (TPSA) is 108 Å². The first-order valence-electron chi connectivity index (χ1n) is 13.7. The molecular formula is C27H41ClF2N4O4. The zero-order chi connectivity index (χ0) is 27.7. The Bertz CT molecular complexity index is 950. The number of urea groups is 1. The SMILES string of the molecule is COC(=O)NCCCC(O)(c1ccc(F)c(Cl)c1F)C1CCCN(C(=O)N(N)CCCC2CCCCC2)C1. The van der Waals surface area contributed by atoms with E-state index in [4.69, 9.17) is 17.4 Å². The third-order valence-electron chi connectivity index (χ3n) is 8.04. The van der Waals surface area contributed by atoms with Crippen LogP contribution in [-0.2, 0) is 10.3 Å². The third-order valence-corrected chi connectivity index (χ3v) is 8.39. The minimum Gasteiger partial charge on any atom is -0.453 e. The van der Waals surface area contributed by atoms with Crippen molar-refractivity contribution in [1.82, 2.24) is 15.2 Å². The lowest BCUT2D eigenvalue weighted by atomic mass is 9.74. The highest BCUT2D eigenvalue weighted by Gasteiger charge is 2.43. The van der Waals surface area contributed by atoms with E-state index in [1.54, 1.807) is 4.90 Å². The van der Waals surface area contributed by atoms with Gasteiger partial charge in [0.1, 0.15) is 10.8 Å². The molecule has 1 aromatic rings. The maximum absolute atomic E-state index is 15.2. The molecule has 1 aliphatic heterocycles. The number of methoxy groups -OCH3 is 1. The summed E-state index contributed by atoms with van der Waals surface area (Å²) < 4.78 is 33.6. The zero-order valence-corrected chi connectivity index (χ0v) is 22.9. The molecule has 3 amide bonds. The predicted molar refractivity (Wildman–Crippen MR) is 141 cm³/mol. The van der Waals surface area contributed by atoms with Gasteiger partial charge in [0.05, 0.1) is 12.7 Å². The molecule has 2 fully saturated rings. The fraction of sp³-hybridized carbons (Fsp3) is 0.704. The standard InChI is InChI=1S/C27H41ClF2N4O4/c1-38-25(35)32-15-7-14-27(37,21-12-13-22(29)23(28)24(21)30)20-11-6-16-33(18-20)26(36)34(31)17-5-10-19-8-3-2-4-9-19/h12-13,19-20,37H,2-11,14-18,31H2,1H3,(H,32,35). The fourth-order valence-electron chi connectivity index (χ4n) is 5.88. The van der Waals surface area contributed by atoms with E-state index < -0.39 is 34.3 Å². The second-order valence-electron chi connectivity index (χ2n) is 10.6. The highest BCUT2D eigenvalue weighted by atomic mass is 35.5. The van der Waals surface area contributed by atoms with Gasteiger partial charge in [-0.3, -0.25) is 5.01 Å². The van der Waals surface area contributed by atoms with Gasteiger partial charge in [0.25, 0.3) is 0 Å². The van der Waals surface area contributed by atoms with Crippen molar-refractivity contribution in [1.29, 1.82) is 0 Å². The molecule has 1 aliphatic carbocycles. The van der Waals surface area contributed by atoms with Gasteiger partial charge >= 0.3 is 12.1 Å². The quantitative estimate of drug-likeness (QED) is 0.119. The van der Waals surface area contributed by atoms with Crippen LogP contribution < -0.4 is 11.2 Å². The molecule has 2 unspecified atom stereocenters. The average Bonchev–Trinajstić information content (AvgIpc) is 2.94. The number of amides is 3. The van der Waals surface area contributed by atoms with Crippen molar-refractivity contribution in [2.75, 3.05) is 33.3 Å². The van der Waals surface area contributed by atoms with Crippen LogP contribution in [0, 0.1) is 23.5 Å². The van der Waals surface area contributed by atoms with E-state index >= 15 is 4.39 Å². The van der Waals surface area contributed by atoms with Gasteiger partial charge in [0, 0.05) is 37.7 Å². The van der Waals surface area contributed by atoms with E-state index in [-0.39, 0.29) is 37.5 Å². The second-order valence-corrected chi connectivity index (χ2v) is 11.0. The fourth-order valence-corrected chi connectivity index (χ4v) is 6.05. The highest BCUT2D eigenvalue weighted by Crippen LogP contribution is 2.42. The number of aliphatic hydroxyl groups is 1. The molecule has 2 atom stereocenters. The number of piperidine rings is 1. The van der Waals surface area contributed by atoms with Crippen molar-refractivity contribution < 1.29 is 28.2 Å². The number of alkyl carbamates (subject to hydrolysis) is 1. The molecule has 1 saturated carbocycles. The number of nitrogens with one attached hydrogen (secondary N) is 1. The summed E-state index contributed by atoms with van der Waals surface area (Å²) in [5.41, 5.74) is -1.88. The summed E-state index contributed by atoms with van der Waals surface area (Å²) in [5, 5.41) is 15.0. The Labute approximate surface area is 228 Å². The van der Waals surface area contributed by atoms with Crippen molar-refractivity contribution in [2.24, 2.45) is 17.7 Å². The van der Waals surface area contributed by atoms with E-state index in [1.807, 2.05) is 0 Å². The Balaban J connectivity index is 1.69. The van der Waals surface area contributed by atoms with E-state index in [2.05, 4.69) is 10.1 Å². The summed E-state index contributed by atoms with van der Waals surface area (Å²) in [6.45, 7) is 1.25. The number of nitrogens with two attached hydrogens (primary N) is 1. The molecule has 1 aromatic carbocycles. The van der Waals surface area contributed by atoms with E-state index in [1.165, 1.54) is 50.3 Å². The largest absolute Gasteiger partial charge is 0.453 e. The molecule has 0 bridgehead atoms. The van der Waals surface area contributed by atoms with Crippen LogP contribution in [0.3, 0.4) is 0 Å². The Hall–Kier alpha value is -2.17. The summed E-state index contributed by atoms with van der Waals surface area (Å²) in [6.07, 6.45) is 9.03. The number of halogens is 3. The number of carbonyl (C=O) groups excluding carboxylic acids is 2. The maximum atomic E-state index is 15.2. The van der Waals surface area contributed by atoms with Gasteiger partial charge in [-0.1, -0.05) is 49.8 Å². The molecule has 214 valence electrons. The molecule has 0 aromatic heterocycles. The van der Waals surface area contributed by atoms with Gasteiger partial charge < -0.3 is 20.1 Å². The number of benzene rings is 1. The number of likely N-dealkylation sites (tertiary alicyclic amines) is 1. The smallest absolute Gasteiger partial charge is 0.406 e. The predicted octanol–water partition coefficient (Wildman–Crippen LogP) is 5.31. The monoisotopic (exact) mass is 558 g/mol. The number of ether oxygens (including phenoxy) is 1. The Morgan fingerprint density at radius 1 is 1.21 bits per heavy atom. The lowest BCUT2D eigenvalue weighted by Gasteiger charge is -2.43. The number of hydrogen-bond acceptors (Lipinski definition) is 5. The average molecular weight is 559 g/mol. The van der Waals surface area contributed by atoms with Crippen LogP contribution >= 0.6 is 11.6 Å². The summed E-state index contributed by atoms with van der Waals surface area (Å²) >= 11 is 5.85. The molecule has 11 heteroatoms. The highest BCUT2D eigenvalue weighted by molar-refractivity contribution is 6.31. The Morgan fingerprint density at radius 2 is 1.95 bits per heavy atom. The molecular weight excluding hydrogens is 518 g/mol. The summed E-state index contributed by atoms with van der Waals surface area (Å²) in [5.74, 6) is 4.34. The second kappa shape index (κ2) is 14.3. The number of rotatable bonds is 10. The normalized spacial score (nSPS) is 20.1. The molecule has 8 nitrogen and oxygen atoms in total. The molecule has 4 N–H and O–H groups in total. The number of hydrazine groups is 1. The summed E-state index contributed by atoms with van der Waals surface area (Å²) in [4.78, 5) is 26.2. The van der Waals surface area contributed by atoms with E-state index in [9.17, 15) is 19.1 Å². The minimum atomic E-state index is -1.75. The van der Waals surface area contributed by atoms with Gasteiger partial charge in [0.2, 0.25) is 0 Å². The van der Waals surface area contributed by atoms with Crippen molar-refractivity contribution in [3.8, 4) is 0 Å². The molecule has 3 rings (SSSR count). The first-order valence-corrected chi connectivity index (χ1v) is 14.0. The van der Waals surface area contributed by atoms with Crippen molar-refractivity contribution >= 4 is 23.7 Å².